The van der Waals surface area contributed by atoms with E-state index < -0.39 is 49.6 Å². The van der Waals surface area contributed by atoms with Crippen molar-refractivity contribution in [3.05, 3.63) is 0 Å². The van der Waals surface area contributed by atoms with Crippen LogP contribution in [0.2, 0.25) is 0 Å². The quantitative estimate of drug-likeness (QED) is 0.277. The normalized spacial score (nSPS) is 39.9. The van der Waals surface area contributed by atoms with E-state index in [1.165, 1.54) is 0 Å². The zero-order valence-electron chi connectivity index (χ0n) is 8.58. The van der Waals surface area contributed by atoms with Crippen molar-refractivity contribution >= 4 is 5.97 Å². The number of carbonyl (C=O) groups is 1. The van der Waals surface area contributed by atoms with Crippen molar-refractivity contribution in [1.82, 2.24) is 0 Å². The fourth-order valence-corrected chi connectivity index (χ4v) is 1.44. The van der Waals surface area contributed by atoms with Crippen LogP contribution in [-0.4, -0.2) is 80.2 Å². The van der Waals surface area contributed by atoms with Gasteiger partial charge in [-0.1, -0.05) is 0 Å². The molecule has 0 aromatic rings. The molecule has 0 aromatic heterocycles. The van der Waals surface area contributed by atoms with E-state index in [0.29, 0.717) is 0 Å². The van der Waals surface area contributed by atoms with Gasteiger partial charge in [0.05, 0.1) is 6.61 Å². The van der Waals surface area contributed by atoms with E-state index in [1.807, 2.05) is 0 Å². The van der Waals surface area contributed by atoms with Crippen LogP contribution in [-0.2, 0) is 14.3 Å². The van der Waals surface area contributed by atoms with E-state index in [9.17, 15) is 15.0 Å². The second kappa shape index (κ2) is 5.69. The van der Waals surface area contributed by atoms with Gasteiger partial charge in [-0.3, -0.25) is 0 Å². The third kappa shape index (κ3) is 3.10. The van der Waals surface area contributed by atoms with Crippen molar-refractivity contribution in [2.75, 3.05) is 6.61 Å². The van der Waals surface area contributed by atoms with Gasteiger partial charge in [0.2, 0.25) is 0 Å². The molecule has 9 heteroatoms. The van der Waals surface area contributed by atoms with Crippen molar-refractivity contribution in [2.24, 2.45) is 0 Å². The molecule has 0 bridgehead atoms. The van der Waals surface area contributed by atoms with Crippen molar-refractivity contribution in [1.29, 1.82) is 0 Å². The SMILES string of the molecule is O=C(O)C(O)O[C@H]1[C@@H](O)[C@H](O)[C@@H](O)O[C@H]1CO. The third-order valence-electron chi connectivity index (χ3n) is 2.34. The van der Waals surface area contributed by atoms with Gasteiger partial charge in [0.1, 0.15) is 24.4 Å². The van der Waals surface area contributed by atoms with Crippen LogP contribution in [0.5, 0.6) is 0 Å². The molecular weight excluding hydrogens is 240 g/mol. The molecule has 1 aliphatic rings. The minimum atomic E-state index is -2.24. The van der Waals surface area contributed by atoms with E-state index in [1.54, 1.807) is 0 Å². The first-order chi connectivity index (χ1) is 7.88. The zero-order valence-corrected chi connectivity index (χ0v) is 8.58. The van der Waals surface area contributed by atoms with Gasteiger partial charge in [-0.05, 0) is 0 Å². The van der Waals surface area contributed by atoms with E-state index >= 15 is 0 Å². The van der Waals surface area contributed by atoms with Crippen molar-refractivity contribution in [3.63, 3.8) is 0 Å². The van der Waals surface area contributed by atoms with Crippen molar-refractivity contribution in [3.8, 4) is 0 Å². The highest BCUT2D eigenvalue weighted by molar-refractivity contribution is 5.70. The summed E-state index contributed by atoms with van der Waals surface area (Å²) in [5.41, 5.74) is 0. The van der Waals surface area contributed by atoms with E-state index in [-0.39, 0.29) is 0 Å². The van der Waals surface area contributed by atoms with E-state index in [2.05, 4.69) is 9.47 Å². The van der Waals surface area contributed by atoms with Gasteiger partial charge in [0.15, 0.2) is 6.29 Å². The summed E-state index contributed by atoms with van der Waals surface area (Å²) in [7, 11) is 0. The first kappa shape index (κ1) is 14.3. The molecule has 17 heavy (non-hydrogen) atoms. The molecule has 0 aliphatic carbocycles. The number of hydrogen-bond donors (Lipinski definition) is 6. The fraction of sp³-hybridized carbons (Fsp3) is 0.875. The molecule has 6 N–H and O–H groups in total. The first-order valence-corrected chi connectivity index (χ1v) is 4.75. The lowest BCUT2D eigenvalue weighted by Crippen LogP contribution is -2.60. The summed E-state index contributed by atoms with van der Waals surface area (Å²) < 4.78 is 9.22. The standard InChI is InChI=1S/C8H14O9/c9-1-2-5(17-8(15)6(12)13)3(10)4(11)7(14)16-2/h2-5,7-11,14-15H,1H2,(H,12,13)/t2-,3-,4-,5+,7-,8?/m0/s1. The summed E-state index contributed by atoms with van der Waals surface area (Å²) in [6, 6.07) is 0. The molecule has 9 nitrogen and oxygen atoms in total. The Morgan fingerprint density at radius 3 is 2.35 bits per heavy atom. The summed E-state index contributed by atoms with van der Waals surface area (Å²) in [6.45, 7) is -0.697. The smallest absolute Gasteiger partial charge is 0.360 e. The predicted molar refractivity (Wildman–Crippen MR) is 48.5 cm³/mol. The predicted octanol–water partition coefficient (Wildman–Crippen LogP) is -3.79. The van der Waals surface area contributed by atoms with Gasteiger partial charge in [0.25, 0.3) is 6.29 Å². The van der Waals surface area contributed by atoms with Gasteiger partial charge in [-0.2, -0.15) is 0 Å². The lowest BCUT2D eigenvalue weighted by atomic mass is 9.99. The lowest BCUT2D eigenvalue weighted by Gasteiger charge is -2.40. The highest BCUT2D eigenvalue weighted by Gasteiger charge is 2.45. The van der Waals surface area contributed by atoms with Gasteiger partial charge in [-0.15, -0.1) is 0 Å². The average molecular weight is 254 g/mol. The molecule has 6 atom stereocenters. The van der Waals surface area contributed by atoms with Gasteiger partial charge in [0, 0.05) is 0 Å². The van der Waals surface area contributed by atoms with Crippen LogP contribution in [0.15, 0.2) is 0 Å². The van der Waals surface area contributed by atoms with Crippen LogP contribution >= 0.6 is 0 Å². The second-order valence-corrected chi connectivity index (χ2v) is 3.52. The first-order valence-electron chi connectivity index (χ1n) is 4.75. The van der Waals surface area contributed by atoms with Crippen molar-refractivity contribution in [2.45, 2.75) is 37.0 Å². The molecule has 0 saturated carbocycles. The number of aliphatic hydroxyl groups is 5. The van der Waals surface area contributed by atoms with Crippen LogP contribution in [0.25, 0.3) is 0 Å². The minimum absolute atomic E-state index is 0.697. The average Bonchev–Trinajstić information content (AvgIpc) is 2.29. The highest BCUT2D eigenvalue weighted by atomic mass is 16.7. The Morgan fingerprint density at radius 2 is 1.88 bits per heavy atom. The van der Waals surface area contributed by atoms with Crippen LogP contribution in [0.3, 0.4) is 0 Å². The number of aliphatic hydroxyl groups excluding tert-OH is 5. The monoisotopic (exact) mass is 254 g/mol. The molecule has 1 aliphatic heterocycles. The summed E-state index contributed by atoms with van der Waals surface area (Å²) in [5, 5.41) is 54.2. The Balaban J connectivity index is 2.75. The molecule has 0 radical (unpaired) electrons. The summed E-state index contributed by atoms with van der Waals surface area (Å²) >= 11 is 0. The lowest BCUT2D eigenvalue weighted by molar-refractivity contribution is -0.311. The molecule has 100 valence electrons. The Kier molecular flexibility index (Phi) is 4.77. The molecule has 1 heterocycles. The van der Waals surface area contributed by atoms with Crippen LogP contribution < -0.4 is 0 Å². The third-order valence-corrected chi connectivity index (χ3v) is 2.34. The Bertz CT molecular complexity index is 268. The maximum atomic E-state index is 10.3. The Labute approximate surface area is 95.4 Å². The largest absolute Gasteiger partial charge is 0.477 e. The highest BCUT2D eigenvalue weighted by Crippen LogP contribution is 2.23. The zero-order chi connectivity index (χ0) is 13.2. The van der Waals surface area contributed by atoms with Crippen LogP contribution in [0.4, 0.5) is 0 Å². The fourth-order valence-electron chi connectivity index (χ4n) is 1.44. The Morgan fingerprint density at radius 1 is 1.29 bits per heavy atom. The van der Waals surface area contributed by atoms with E-state index in [0.717, 1.165) is 0 Å². The van der Waals surface area contributed by atoms with Gasteiger partial charge < -0.3 is 40.1 Å². The Hall–Kier alpha value is -0.810. The van der Waals surface area contributed by atoms with Gasteiger partial charge >= 0.3 is 5.97 Å². The number of carboxylic acid groups (broad SMARTS) is 1. The topological polar surface area (TPSA) is 157 Å². The number of rotatable bonds is 4. The molecule has 0 amide bonds. The minimum Gasteiger partial charge on any atom is -0.477 e. The number of carboxylic acids is 1. The molecule has 1 rings (SSSR count). The molecule has 1 fully saturated rings. The number of ether oxygens (including phenoxy) is 2. The summed E-state index contributed by atoms with van der Waals surface area (Å²) in [4.78, 5) is 10.3. The summed E-state index contributed by atoms with van der Waals surface area (Å²) in [5.74, 6) is -1.70. The number of hydrogen-bond acceptors (Lipinski definition) is 8. The molecule has 1 unspecified atom stereocenters. The second-order valence-electron chi connectivity index (χ2n) is 3.52. The van der Waals surface area contributed by atoms with Crippen molar-refractivity contribution < 1.29 is 44.9 Å². The number of aliphatic carboxylic acids is 1. The molecule has 0 spiro atoms. The molecule has 0 aromatic carbocycles. The molecule has 1 saturated heterocycles. The molecular formula is C8H14O9. The van der Waals surface area contributed by atoms with Crippen LogP contribution in [0, 0.1) is 0 Å². The maximum absolute atomic E-state index is 10.3. The summed E-state index contributed by atoms with van der Waals surface area (Å²) in [6.07, 6.45) is -10.2. The van der Waals surface area contributed by atoms with Crippen LogP contribution in [0.1, 0.15) is 0 Å². The van der Waals surface area contributed by atoms with E-state index in [4.69, 9.17) is 20.4 Å². The van der Waals surface area contributed by atoms with Gasteiger partial charge in [-0.25, -0.2) is 4.79 Å². The maximum Gasteiger partial charge on any atom is 0.360 e.